The molecule has 2 heterocycles. The SMILES string of the molecule is N#Cc1c(-c2ccccc2)nc(NN=Cc2ccc3nc[nH]c(=O)c3c2)[nH]c1=O. The molecule has 4 rings (SSSR count). The second kappa shape index (κ2) is 7.58. The van der Waals surface area contributed by atoms with E-state index < -0.39 is 5.56 Å². The van der Waals surface area contributed by atoms with Gasteiger partial charge in [-0.3, -0.25) is 14.6 Å². The zero-order chi connectivity index (χ0) is 20.2. The van der Waals surface area contributed by atoms with Crippen LogP contribution in [0.15, 0.2) is 69.5 Å². The highest BCUT2D eigenvalue weighted by Crippen LogP contribution is 2.19. The van der Waals surface area contributed by atoms with E-state index in [1.165, 1.54) is 12.5 Å². The van der Waals surface area contributed by atoms with Crippen molar-refractivity contribution in [3.05, 3.63) is 86.7 Å². The largest absolute Gasteiger partial charge is 0.313 e. The zero-order valence-electron chi connectivity index (χ0n) is 14.9. The Balaban J connectivity index is 1.64. The van der Waals surface area contributed by atoms with E-state index in [0.717, 1.165) is 0 Å². The van der Waals surface area contributed by atoms with E-state index in [1.807, 2.05) is 12.1 Å². The molecule has 0 saturated carbocycles. The fourth-order valence-corrected chi connectivity index (χ4v) is 2.77. The molecule has 29 heavy (non-hydrogen) atoms. The Morgan fingerprint density at radius 1 is 1.10 bits per heavy atom. The first kappa shape index (κ1) is 17.8. The number of nitrogens with one attached hydrogen (secondary N) is 3. The summed E-state index contributed by atoms with van der Waals surface area (Å²) in [4.78, 5) is 37.5. The Kier molecular flexibility index (Phi) is 4.65. The number of nitrogens with zero attached hydrogens (tertiary/aromatic N) is 4. The first-order chi connectivity index (χ1) is 14.2. The number of benzene rings is 2. The van der Waals surface area contributed by atoms with Crippen molar-refractivity contribution in [1.82, 2.24) is 19.9 Å². The van der Waals surface area contributed by atoms with Crippen LogP contribution in [-0.4, -0.2) is 26.2 Å². The number of aromatic nitrogens is 4. The molecule has 0 aliphatic carbocycles. The number of nitriles is 1. The maximum Gasteiger partial charge on any atom is 0.270 e. The highest BCUT2D eigenvalue weighted by Gasteiger charge is 2.12. The minimum atomic E-state index is -0.567. The van der Waals surface area contributed by atoms with Crippen LogP contribution in [0.2, 0.25) is 0 Å². The molecule has 2 aromatic heterocycles. The lowest BCUT2D eigenvalue weighted by Gasteiger charge is -2.06. The summed E-state index contributed by atoms with van der Waals surface area (Å²) in [5.41, 5.74) is 3.89. The van der Waals surface area contributed by atoms with Gasteiger partial charge in [0.05, 0.1) is 29.1 Å². The zero-order valence-corrected chi connectivity index (χ0v) is 14.9. The lowest BCUT2D eigenvalue weighted by Crippen LogP contribution is -2.16. The van der Waals surface area contributed by atoms with Crippen LogP contribution in [-0.2, 0) is 0 Å². The Labute approximate surface area is 163 Å². The number of H-pyrrole nitrogens is 2. The maximum atomic E-state index is 12.2. The predicted octanol–water partition coefficient (Wildman–Crippen LogP) is 1.99. The lowest BCUT2D eigenvalue weighted by atomic mass is 10.1. The fourth-order valence-electron chi connectivity index (χ4n) is 2.77. The van der Waals surface area contributed by atoms with Crippen LogP contribution in [0.25, 0.3) is 22.2 Å². The second-order valence-corrected chi connectivity index (χ2v) is 5.99. The molecule has 2 aromatic carbocycles. The van der Waals surface area contributed by atoms with E-state index in [-0.39, 0.29) is 22.8 Å². The van der Waals surface area contributed by atoms with Gasteiger partial charge in [-0.05, 0) is 17.7 Å². The van der Waals surface area contributed by atoms with Crippen molar-refractivity contribution in [2.75, 3.05) is 5.43 Å². The smallest absolute Gasteiger partial charge is 0.270 e. The summed E-state index contributed by atoms with van der Waals surface area (Å²) in [5.74, 6) is 0.0874. The molecule has 0 saturated heterocycles. The summed E-state index contributed by atoms with van der Waals surface area (Å²) >= 11 is 0. The van der Waals surface area contributed by atoms with E-state index in [9.17, 15) is 14.9 Å². The fraction of sp³-hybridized carbons (Fsp3) is 0. The van der Waals surface area contributed by atoms with Gasteiger partial charge in [0.1, 0.15) is 11.6 Å². The van der Waals surface area contributed by atoms with Gasteiger partial charge in [0.25, 0.3) is 11.1 Å². The van der Waals surface area contributed by atoms with Crippen LogP contribution in [0, 0.1) is 11.3 Å². The molecule has 140 valence electrons. The first-order valence-electron chi connectivity index (χ1n) is 8.52. The van der Waals surface area contributed by atoms with Crippen LogP contribution >= 0.6 is 0 Å². The molecule has 0 amide bonds. The van der Waals surface area contributed by atoms with Gasteiger partial charge in [-0.15, -0.1) is 0 Å². The average molecular weight is 383 g/mol. The normalized spacial score (nSPS) is 10.9. The molecule has 0 bridgehead atoms. The quantitative estimate of drug-likeness (QED) is 0.364. The summed E-state index contributed by atoms with van der Waals surface area (Å²) in [6, 6.07) is 15.9. The minimum Gasteiger partial charge on any atom is -0.313 e. The topological polar surface area (TPSA) is 140 Å². The average Bonchev–Trinajstić information content (AvgIpc) is 2.74. The molecule has 0 fully saturated rings. The van der Waals surface area contributed by atoms with Crippen LogP contribution in [0.1, 0.15) is 11.1 Å². The molecule has 0 unspecified atom stereocenters. The molecule has 0 radical (unpaired) electrons. The molecule has 0 aliphatic heterocycles. The standard InChI is InChI=1S/C20H13N7O2/c21-9-15-17(13-4-2-1-3-5-13)25-20(26-19(15)29)27-24-10-12-6-7-16-14(8-12)18(28)23-11-22-16/h1-8,10-11H,(H,22,23,28)(H2,25,26,27,29). The van der Waals surface area contributed by atoms with Crippen LogP contribution in [0.3, 0.4) is 0 Å². The van der Waals surface area contributed by atoms with Gasteiger partial charge in [-0.1, -0.05) is 36.4 Å². The third kappa shape index (κ3) is 3.63. The van der Waals surface area contributed by atoms with Gasteiger partial charge in [0.2, 0.25) is 5.95 Å². The highest BCUT2D eigenvalue weighted by atomic mass is 16.1. The Morgan fingerprint density at radius 2 is 1.93 bits per heavy atom. The minimum absolute atomic E-state index is 0.0769. The van der Waals surface area contributed by atoms with E-state index in [0.29, 0.717) is 22.0 Å². The number of hydrazone groups is 1. The number of anilines is 1. The number of fused-ring (bicyclic) bond motifs is 1. The van der Waals surface area contributed by atoms with Crippen molar-refractivity contribution in [3.63, 3.8) is 0 Å². The van der Waals surface area contributed by atoms with Gasteiger partial charge >= 0.3 is 0 Å². The molecule has 4 aromatic rings. The van der Waals surface area contributed by atoms with Crippen molar-refractivity contribution in [3.8, 4) is 17.3 Å². The summed E-state index contributed by atoms with van der Waals surface area (Å²) in [6.07, 6.45) is 2.82. The molecule has 3 N–H and O–H groups in total. The molecule has 9 nitrogen and oxygen atoms in total. The van der Waals surface area contributed by atoms with Crippen molar-refractivity contribution in [1.29, 1.82) is 5.26 Å². The molecular weight excluding hydrogens is 370 g/mol. The number of aromatic amines is 2. The number of hydrogen-bond acceptors (Lipinski definition) is 7. The lowest BCUT2D eigenvalue weighted by molar-refractivity contribution is 1.08. The summed E-state index contributed by atoms with van der Waals surface area (Å²) in [7, 11) is 0. The Bertz CT molecular complexity index is 1380. The van der Waals surface area contributed by atoms with E-state index in [2.05, 4.69) is 30.5 Å². The third-order valence-electron chi connectivity index (χ3n) is 4.13. The first-order valence-corrected chi connectivity index (χ1v) is 8.52. The summed E-state index contributed by atoms with van der Waals surface area (Å²) in [6.45, 7) is 0. The van der Waals surface area contributed by atoms with Crippen molar-refractivity contribution in [2.24, 2.45) is 5.10 Å². The Hall–Kier alpha value is -4.58. The number of hydrogen-bond donors (Lipinski definition) is 3. The van der Waals surface area contributed by atoms with E-state index in [4.69, 9.17) is 0 Å². The van der Waals surface area contributed by atoms with Crippen LogP contribution < -0.4 is 16.5 Å². The van der Waals surface area contributed by atoms with Gasteiger partial charge < -0.3 is 4.98 Å². The summed E-state index contributed by atoms with van der Waals surface area (Å²) < 4.78 is 0. The highest BCUT2D eigenvalue weighted by molar-refractivity contribution is 5.88. The van der Waals surface area contributed by atoms with Crippen molar-refractivity contribution in [2.45, 2.75) is 0 Å². The van der Waals surface area contributed by atoms with E-state index >= 15 is 0 Å². The second-order valence-electron chi connectivity index (χ2n) is 5.99. The molecular formula is C20H13N7O2. The van der Waals surface area contributed by atoms with E-state index in [1.54, 1.807) is 42.5 Å². The van der Waals surface area contributed by atoms with Gasteiger partial charge in [0, 0.05) is 5.56 Å². The molecule has 9 heteroatoms. The van der Waals surface area contributed by atoms with Gasteiger partial charge in [0.15, 0.2) is 0 Å². The maximum absolute atomic E-state index is 12.2. The summed E-state index contributed by atoms with van der Waals surface area (Å²) in [5, 5.41) is 13.8. The predicted molar refractivity (Wildman–Crippen MR) is 109 cm³/mol. The van der Waals surface area contributed by atoms with Crippen LogP contribution in [0.4, 0.5) is 5.95 Å². The van der Waals surface area contributed by atoms with Crippen LogP contribution in [0.5, 0.6) is 0 Å². The molecule has 0 aliphatic rings. The number of rotatable bonds is 4. The van der Waals surface area contributed by atoms with Crippen molar-refractivity contribution < 1.29 is 0 Å². The van der Waals surface area contributed by atoms with Crippen molar-refractivity contribution >= 4 is 23.1 Å². The molecule has 0 atom stereocenters. The van der Waals surface area contributed by atoms with Gasteiger partial charge in [-0.2, -0.15) is 10.4 Å². The monoisotopic (exact) mass is 383 g/mol. The Morgan fingerprint density at radius 3 is 2.72 bits per heavy atom. The third-order valence-corrected chi connectivity index (χ3v) is 4.13. The molecule has 0 spiro atoms. The van der Waals surface area contributed by atoms with Gasteiger partial charge in [-0.25, -0.2) is 15.4 Å².